The molecule has 3 aromatic heterocycles. The molecule has 0 bridgehead atoms. The van der Waals surface area contributed by atoms with Crippen molar-refractivity contribution >= 4 is 34.8 Å². The van der Waals surface area contributed by atoms with Crippen LogP contribution in [0, 0.1) is 5.21 Å². The molecule has 5 rings (SSSR count). The maximum Gasteiger partial charge on any atom is 0.345 e. The summed E-state index contributed by atoms with van der Waals surface area (Å²) < 4.78 is 2.18. The van der Waals surface area contributed by atoms with Gasteiger partial charge in [0.1, 0.15) is 17.2 Å². The van der Waals surface area contributed by atoms with Crippen molar-refractivity contribution in [1.29, 1.82) is 0 Å². The van der Waals surface area contributed by atoms with Crippen molar-refractivity contribution in [3.05, 3.63) is 117 Å². The van der Waals surface area contributed by atoms with Crippen LogP contribution < -0.4 is 10.0 Å². The van der Waals surface area contributed by atoms with Crippen molar-refractivity contribution in [1.82, 2.24) is 25.5 Å². The van der Waals surface area contributed by atoms with Gasteiger partial charge in [-0.05, 0) is 52.4 Å². The minimum atomic E-state index is -1.11. The lowest BCUT2D eigenvalue weighted by atomic mass is 10.0. The van der Waals surface area contributed by atoms with Gasteiger partial charge in [-0.15, -0.1) is 16.4 Å². The molecule has 0 unspecified atom stereocenters. The van der Waals surface area contributed by atoms with E-state index in [9.17, 15) is 19.9 Å². The number of halogens is 1. The molecule has 10 nitrogen and oxygen atoms in total. The number of tetrazole rings is 1. The highest BCUT2D eigenvalue weighted by molar-refractivity contribution is 7.15. The minimum Gasteiger partial charge on any atom is -0.618 e. The van der Waals surface area contributed by atoms with E-state index in [1.54, 1.807) is 30.3 Å². The van der Waals surface area contributed by atoms with E-state index < -0.39 is 17.9 Å². The van der Waals surface area contributed by atoms with Crippen molar-refractivity contribution in [3.8, 4) is 16.8 Å². The molecule has 1 amide bonds. The maximum absolute atomic E-state index is 13.3. The Labute approximate surface area is 225 Å². The second-order valence-corrected chi connectivity index (χ2v) is 9.79. The number of rotatable bonds is 8. The van der Waals surface area contributed by atoms with Gasteiger partial charge in [-0.1, -0.05) is 41.9 Å². The van der Waals surface area contributed by atoms with E-state index >= 15 is 0 Å². The number of hydrogen-bond acceptors (Lipinski definition) is 7. The Morgan fingerprint density at radius 1 is 1.08 bits per heavy atom. The molecule has 1 atom stereocenters. The van der Waals surface area contributed by atoms with Crippen molar-refractivity contribution in [2.24, 2.45) is 0 Å². The van der Waals surface area contributed by atoms with E-state index in [-0.39, 0.29) is 9.75 Å². The first kappa shape index (κ1) is 25.1. The predicted octanol–water partition coefficient (Wildman–Crippen LogP) is 4.09. The molecule has 3 heterocycles. The number of carboxylic acids is 1. The second-order valence-electron chi connectivity index (χ2n) is 8.27. The highest BCUT2D eigenvalue weighted by atomic mass is 35.5. The molecule has 0 fully saturated rings. The van der Waals surface area contributed by atoms with E-state index in [1.165, 1.54) is 29.3 Å². The Kier molecular flexibility index (Phi) is 7.11. The van der Waals surface area contributed by atoms with Gasteiger partial charge in [0, 0.05) is 28.6 Å². The smallest absolute Gasteiger partial charge is 0.345 e. The Morgan fingerprint density at radius 3 is 2.55 bits per heavy atom. The van der Waals surface area contributed by atoms with Crippen LogP contribution in [0.2, 0.25) is 5.02 Å². The SMILES string of the molecule is O=C(O)c1ccc(C(=O)N[C@@H](Cc2ccccc2)c2ccc(-c3cc(Cl)ccc3-n3cnnn3)c[n+]2[O-])s1. The molecule has 0 aliphatic carbocycles. The molecule has 38 heavy (non-hydrogen) atoms. The Morgan fingerprint density at radius 2 is 1.87 bits per heavy atom. The highest BCUT2D eigenvalue weighted by Gasteiger charge is 2.25. The summed E-state index contributed by atoms with van der Waals surface area (Å²) in [5, 5.41) is 37.2. The van der Waals surface area contributed by atoms with Gasteiger partial charge in [0.05, 0.1) is 10.6 Å². The van der Waals surface area contributed by atoms with Crippen LogP contribution in [0.3, 0.4) is 0 Å². The molecule has 2 aromatic carbocycles. The number of carbonyl (C=O) groups is 2. The van der Waals surface area contributed by atoms with Gasteiger partial charge >= 0.3 is 5.97 Å². The fourth-order valence-corrected chi connectivity index (χ4v) is 4.94. The summed E-state index contributed by atoms with van der Waals surface area (Å²) >= 11 is 7.12. The lowest BCUT2D eigenvalue weighted by molar-refractivity contribution is -0.615. The van der Waals surface area contributed by atoms with Gasteiger partial charge in [-0.3, -0.25) is 4.79 Å². The van der Waals surface area contributed by atoms with Crippen LogP contribution in [0.5, 0.6) is 0 Å². The number of carbonyl (C=O) groups excluding carboxylic acids is 1. The molecular formula is C26H19ClN6O4S. The molecule has 5 aromatic rings. The fourth-order valence-electron chi connectivity index (χ4n) is 4.02. The van der Waals surface area contributed by atoms with Crippen molar-refractivity contribution in [2.75, 3.05) is 0 Å². The molecule has 0 radical (unpaired) electrons. The summed E-state index contributed by atoms with van der Waals surface area (Å²) in [6, 6.07) is 20.2. The summed E-state index contributed by atoms with van der Waals surface area (Å²) in [7, 11) is 0. The lowest BCUT2D eigenvalue weighted by Crippen LogP contribution is -2.40. The molecule has 0 spiro atoms. The first-order valence-electron chi connectivity index (χ1n) is 11.3. The second kappa shape index (κ2) is 10.8. The molecule has 0 aliphatic heterocycles. The average Bonchev–Trinajstić information content (AvgIpc) is 3.62. The number of carboxylic acid groups (broad SMARTS) is 1. The summed E-state index contributed by atoms with van der Waals surface area (Å²) in [6.45, 7) is 0. The van der Waals surface area contributed by atoms with Gasteiger partial charge in [0.15, 0.2) is 6.20 Å². The number of hydrogen-bond donors (Lipinski definition) is 2. The molecule has 0 saturated carbocycles. The minimum absolute atomic E-state index is 0.0536. The average molecular weight is 547 g/mol. The van der Waals surface area contributed by atoms with Gasteiger partial charge in [0.2, 0.25) is 5.69 Å². The van der Waals surface area contributed by atoms with E-state index in [4.69, 9.17) is 11.6 Å². The van der Waals surface area contributed by atoms with Gasteiger partial charge < -0.3 is 15.6 Å². The summed E-state index contributed by atoms with van der Waals surface area (Å²) in [6.07, 6.45) is 3.20. The first-order valence-corrected chi connectivity index (χ1v) is 12.5. The largest absolute Gasteiger partial charge is 0.618 e. The van der Waals surface area contributed by atoms with Gasteiger partial charge in [-0.25, -0.2) is 4.79 Å². The molecule has 2 N–H and O–H groups in total. The van der Waals surface area contributed by atoms with E-state index in [1.807, 2.05) is 30.3 Å². The number of nitrogens with one attached hydrogen (secondary N) is 1. The zero-order valence-corrected chi connectivity index (χ0v) is 21.1. The maximum atomic E-state index is 13.3. The van der Waals surface area contributed by atoms with E-state index in [2.05, 4.69) is 20.8 Å². The first-order chi connectivity index (χ1) is 18.4. The number of pyridine rings is 1. The van der Waals surface area contributed by atoms with E-state index in [0.29, 0.717) is 38.7 Å². The predicted molar refractivity (Wildman–Crippen MR) is 140 cm³/mol. The standard InChI is InChI=1S/C26H19ClN6O4S/c27-18-7-9-21(32-15-28-30-31-32)19(13-18)17-6-8-22(33(37)14-17)20(12-16-4-2-1-3-5-16)29-25(34)23-10-11-24(38-23)26(35)36/h1-11,13-15,20H,12H2,(H,29,34)(H,35,36)/t20-/m0/s1. The quantitative estimate of drug-likeness (QED) is 0.221. The van der Waals surface area contributed by atoms with Crippen molar-refractivity contribution < 1.29 is 19.4 Å². The lowest BCUT2D eigenvalue weighted by Gasteiger charge is -2.19. The zero-order valence-electron chi connectivity index (χ0n) is 19.6. The van der Waals surface area contributed by atoms with Crippen LogP contribution in [-0.4, -0.2) is 37.2 Å². The summed E-state index contributed by atoms with van der Waals surface area (Å²) in [5.74, 6) is -1.58. The van der Waals surface area contributed by atoms with Crippen LogP contribution in [0.15, 0.2) is 85.3 Å². The molecule has 190 valence electrons. The molecule has 12 heteroatoms. The van der Waals surface area contributed by atoms with E-state index in [0.717, 1.165) is 16.9 Å². The number of amides is 1. The van der Waals surface area contributed by atoms with Crippen LogP contribution in [0.1, 0.15) is 36.6 Å². The summed E-state index contributed by atoms with van der Waals surface area (Å²) in [4.78, 5) is 24.6. The number of thiophene rings is 1. The van der Waals surface area contributed by atoms with Gasteiger partial charge in [-0.2, -0.15) is 9.41 Å². The third-order valence-electron chi connectivity index (χ3n) is 5.80. The third kappa shape index (κ3) is 5.38. The van der Waals surface area contributed by atoms with Crippen molar-refractivity contribution in [2.45, 2.75) is 12.5 Å². The number of benzene rings is 2. The summed E-state index contributed by atoms with van der Waals surface area (Å²) in [5.41, 5.74) is 3.07. The number of aromatic carboxylic acids is 1. The van der Waals surface area contributed by atoms with Crippen LogP contribution >= 0.6 is 22.9 Å². The number of nitrogens with zero attached hydrogens (tertiary/aromatic N) is 5. The Hall–Kier alpha value is -4.61. The third-order valence-corrected chi connectivity index (χ3v) is 7.10. The highest BCUT2D eigenvalue weighted by Crippen LogP contribution is 2.29. The Bertz CT molecular complexity index is 1610. The number of aromatic nitrogens is 5. The molecule has 0 saturated heterocycles. The normalized spacial score (nSPS) is 11.7. The Balaban J connectivity index is 1.50. The van der Waals surface area contributed by atoms with Crippen LogP contribution in [0.25, 0.3) is 16.8 Å². The van der Waals surface area contributed by atoms with Gasteiger partial charge in [0.25, 0.3) is 5.91 Å². The molecular weight excluding hydrogens is 528 g/mol. The monoisotopic (exact) mass is 546 g/mol. The molecule has 0 aliphatic rings. The van der Waals surface area contributed by atoms with Crippen LogP contribution in [0.4, 0.5) is 0 Å². The topological polar surface area (TPSA) is 137 Å². The zero-order chi connectivity index (χ0) is 26.6. The fraction of sp³-hybridized carbons (Fsp3) is 0.0769. The van der Waals surface area contributed by atoms with Crippen LogP contribution in [-0.2, 0) is 6.42 Å². The van der Waals surface area contributed by atoms with Crippen molar-refractivity contribution in [3.63, 3.8) is 0 Å².